The van der Waals surface area contributed by atoms with E-state index < -0.39 is 0 Å². The Morgan fingerprint density at radius 1 is 1.50 bits per heavy atom. The first kappa shape index (κ1) is 11.4. The van der Waals surface area contributed by atoms with Crippen LogP contribution in [-0.2, 0) is 4.79 Å². The lowest BCUT2D eigenvalue weighted by Gasteiger charge is -2.11. The predicted octanol–water partition coefficient (Wildman–Crippen LogP) is 2.35. The van der Waals surface area contributed by atoms with E-state index in [2.05, 4.69) is 4.98 Å². The fourth-order valence-corrected chi connectivity index (χ4v) is 2.71. The molecule has 0 amide bonds. The van der Waals surface area contributed by atoms with Gasteiger partial charge in [0.25, 0.3) is 0 Å². The first-order valence-electron chi connectivity index (χ1n) is 4.04. The summed E-state index contributed by atoms with van der Waals surface area (Å²) in [5.41, 5.74) is 1.54. The van der Waals surface area contributed by atoms with Crippen LogP contribution < -0.4 is 0 Å². The summed E-state index contributed by atoms with van der Waals surface area (Å²) in [6.45, 7) is 0. The van der Waals surface area contributed by atoms with Gasteiger partial charge in [-0.15, -0.1) is 23.5 Å². The Morgan fingerprint density at radius 3 is 2.64 bits per heavy atom. The van der Waals surface area contributed by atoms with Crippen LogP contribution in [0.3, 0.4) is 0 Å². The SMILES string of the molecule is CSC(SC)C(=C=O)c1cccnc1. The minimum Gasteiger partial charge on any atom is -0.264 e. The molecule has 0 saturated carbocycles. The molecule has 0 aliphatic heterocycles. The lowest BCUT2D eigenvalue weighted by atomic mass is 10.1. The van der Waals surface area contributed by atoms with Gasteiger partial charge in [-0.2, -0.15) is 0 Å². The first-order valence-corrected chi connectivity index (χ1v) is 6.62. The lowest BCUT2D eigenvalue weighted by Crippen LogP contribution is -2.01. The molecular formula is C10H11NOS2. The molecule has 4 heteroatoms. The minimum atomic E-state index is 0.136. The molecule has 1 aromatic heterocycles. The van der Waals surface area contributed by atoms with Crippen molar-refractivity contribution in [2.45, 2.75) is 4.58 Å². The molecule has 0 saturated heterocycles. The lowest BCUT2D eigenvalue weighted by molar-refractivity contribution is 0.569. The van der Waals surface area contributed by atoms with Crippen LogP contribution in [-0.4, -0.2) is 28.0 Å². The topological polar surface area (TPSA) is 30.0 Å². The van der Waals surface area contributed by atoms with Gasteiger partial charge in [-0.05, 0) is 18.6 Å². The molecule has 0 aliphatic rings. The van der Waals surface area contributed by atoms with Crippen LogP contribution in [0.2, 0.25) is 0 Å². The van der Waals surface area contributed by atoms with E-state index in [0.29, 0.717) is 5.57 Å². The number of rotatable bonds is 4. The van der Waals surface area contributed by atoms with Crippen LogP contribution >= 0.6 is 23.5 Å². The highest BCUT2D eigenvalue weighted by Crippen LogP contribution is 2.30. The third kappa shape index (κ3) is 2.64. The van der Waals surface area contributed by atoms with E-state index in [0.717, 1.165) is 5.56 Å². The van der Waals surface area contributed by atoms with E-state index in [1.54, 1.807) is 35.9 Å². The van der Waals surface area contributed by atoms with Crippen LogP contribution in [0.25, 0.3) is 5.57 Å². The summed E-state index contributed by atoms with van der Waals surface area (Å²) in [7, 11) is 0. The van der Waals surface area contributed by atoms with Crippen molar-refractivity contribution in [1.29, 1.82) is 0 Å². The zero-order chi connectivity index (χ0) is 10.4. The highest BCUT2D eigenvalue weighted by Gasteiger charge is 2.14. The Morgan fingerprint density at radius 2 is 2.21 bits per heavy atom. The Hall–Kier alpha value is -0.700. The van der Waals surface area contributed by atoms with Crippen LogP contribution in [0.5, 0.6) is 0 Å². The van der Waals surface area contributed by atoms with Gasteiger partial charge in [-0.3, -0.25) is 4.98 Å². The number of hydrogen-bond donors (Lipinski definition) is 0. The van der Waals surface area contributed by atoms with Crippen LogP contribution in [0.1, 0.15) is 5.56 Å². The van der Waals surface area contributed by atoms with Crippen molar-refractivity contribution in [3.8, 4) is 0 Å². The summed E-state index contributed by atoms with van der Waals surface area (Å²) in [6.07, 6.45) is 7.35. The monoisotopic (exact) mass is 225 g/mol. The van der Waals surface area contributed by atoms with Crippen molar-refractivity contribution < 1.29 is 4.79 Å². The third-order valence-electron chi connectivity index (χ3n) is 1.75. The molecule has 0 atom stereocenters. The molecule has 0 N–H and O–H groups in total. The second-order valence-electron chi connectivity index (χ2n) is 2.56. The molecule has 1 rings (SSSR count). The summed E-state index contributed by atoms with van der Waals surface area (Å²) >= 11 is 3.27. The van der Waals surface area contributed by atoms with Gasteiger partial charge in [0.05, 0.1) is 10.2 Å². The maximum Gasteiger partial charge on any atom is 0.130 e. The maximum atomic E-state index is 10.8. The molecule has 1 heterocycles. The highest BCUT2D eigenvalue weighted by molar-refractivity contribution is 8.17. The van der Waals surface area contributed by atoms with Gasteiger partial charge in [-0.1, -0.05) is 6.07 Å². The van der Waals surface area contributed by atoms with Crippen molar-refractivity contribution >= 4 is 35.0 Å². The number of hydrogen-bond acceptors (Lipinski definition) is 4. The Balaban J connectivity index is 3.00. The van der Waals surface area contributed by atoms with Gasteiger partial charge in [0.15, 0.2) is 0 Å². The average Bonchev–Trinajstić information content (AvgIpc) is 2.27. The Labute approximate surface area is 92.2 Å². The van der Waals surface area contributed by atoms with E-state index in [9.17, 15) is 4.79 Å². The fourth-order valence-electron chi connectivity index (χ4n) is 1.10. The van der Waals surface area contributed by atoms with Gasteiger partial charge < -0.3 is 0 Å². The number of carbonyl (C=O) groups excluding carboxylic acids is 1. The molecule has 1 aromatic rings. The largest absolute Gasteiger partial charge is 0.264 e. The Bertz CT molecular complexity index is 329. The molecule has 2 nitrogen and oxygen atoms in total. The normalized spacial score (nSPS) is 9.93. The second kappa shape index (κ2) is 5.91. The molecule has 0 spiro atoms. The van der Waals surface area contributed by atoms with Crippen molar-refractivity contribution in [3.63, 3.8) is 0 Å². The van der Waals surface area contributed by atoms with E-state index in [4.69, 9.17) is 0 Å². The molecule has 0 fully saturated rings. The van der Waals surface area contributed by atoms with E-state index in [1.807, 2.05) is 30.6 Å². The summed E-state index contributed by atoms with van der Waals surface area (Å²) in [6, 6.07) is 3.71. The Kier molecular flexibility index (Phi) is 4.80. The molecule has 0 aliphatic carbocycles. The summed E-state index contributed by atoms with van der Waals surface area (Å²) < 4.78 is 0.136. The first-order chi connectivity index (χ1) is 6.83. The number of aromatic nitrogens is 1. The molecule has 0 radical (unpaired) electrons. The van der Waals surface area contributed by atoms with Crippen LogP contribution in [0, 0.1) is 0 Å². The van der Waals surface area contributed by atoms with Crippen molar-refractivity contribution in [1.82, 2.24) is 4.98 Å². The number of nitrogens with zero attached hydrogens (tertiary/aromatic N) is 1. The number of pyridine rings is 1. The summed E-state index contributed by atoms with van der Waals surface area (Å²) in [4.78, 5) is 14.8. The summed E-state index contributed by atoms with van der Waals surface area (Å²) in [5, 5.41) is 0. The van der Waals surface area contributed by atoms with Gasteiger partial charge in [0, 0.05) is 18.0 Å². The fraction of sp³-hybridized carbons (Fsp3) is 0.300. The van der Waals surface area contributed by atoms with E-state index in [1.165, 1.54) is 0 Å². The van der Waals surface area contributed by atoms with E-state index >= 15 is 0 Å². The second-order valence-corrected chi connectivity index (χ2v) is 4.74. The van der Waals surface area contributed by atoms with Crippen molar-refractivity contribution in [3.05, 3.63) is 30.1 Å². The molecule has 0 bridgehead atoms. The van der Waals surface area contributed by atoms with Gasteiger partial charge in [0.1, 0.15) is 5.94 Å². The standard InChI is InChI=1S/C10H11NOS2/c1-13-10(14-2)9(7-12)8-4-3-5-11-6-8/h3-6,10H,1-2H3. The molecule has 74 valence electrons. The minimum absolute atomic E-state index is 0.136. The van der Waals surface area contributed by atoms with Gasteiger partial charge in [-0.25, -0.2) is 4.79 Å². The van der Waals surface area contributed by atoms with Crippen LogP contribution in [0.15, 0.2) is 24.5 Å². The molecule has 0 aromatic carbocycles. The van der Waals surface area contributed by atoms with E-state index in [-0.39, 0.29) is 4.58 Å². The highest BCUT2D eigenvalue weighted by atomic mass is 32.2. The van der Waals surface area contributed by atoms with Crippen LogP contribution in [0.4, 0.5) is 0 Å². The average molecular weight is 225 g/mol. The van der Waals surface area contributed by atoms with Gasteiger partial charge in [0.2, 0.25) is 0 Å². The van der Waals surface area contributed by atoms with Gasteiger partial charge >= 0.3 is 0 Å². The molecule has 0 unspecified atom stereocenters. The zero-order valence-electron chi connectivity index (χ0n) is 8.06. The summed E-state index contributed by atoms with van der Waals surface area (Å²) in [5.74, 6) is 2.01. The molecular weight excluding hydrogens is 214 g/mol. The smallest absolute Gasteiger partial charge is 0.130 e. The number of thioether (sulfide) groups is 2. The van der Waals surface area contributed by atoms with Crippen molar-refractivity contribution in [2.75, 3.05) is 12.5 Å². The predicted molar refractivity (Wildman–Crippen MR) is 64.2 cm³/mol. The van der Waals surface area contributed by atoms with Crippen molar-refractivity contribution in [2.24, 2.45) is 0 Å². The third-order valence-corrected chi connectivity index (χ3v) is 4.23. The quantitative estimate of drug-likeness (QED) is 0.581. The maximum absolute atomic E-state index is 10.8. The molecule has 14 heavy (non-hydrogen) atoms. The zero-order valence-corrected chi connectivity index (χ0v) is 9.69.